The van der Waals surface area contributed by atoms with Gasteiger partial charge in [-0.1, -0.05) is 29.8 Å². The van der Waals surface area contributed by atoms with Crippen molar-refractivity contribution in [1.82, 2.24) is 19.6 Å². The molecule has 2 aromatic heterocycles. The lowest BCUT2D eigenvalue weighted by Gasteiger charge is -2.34. The summed E-state index contributed by atoms with van der Waals surface area (Å²) < 4.78 is 26.9. The lowest BCUT2D eigenvalue weighted by molar-refractivity contribution is 0.0954. The van der Waals surface area contributed by atoms with Crippen LogP contribution in [0.5, 0.6) is 0 Å². The predicted octanol–water partition coefficient (Wildman–Crippen LogP) is 1.63. The average Bonchev–Trinajstić information content (AvgIpc) is 2.84. The smallest absolute Gasteiger partial charge is 0.261 e. The molecule has 4 rings (SSSR count). The lowest BCUT2D eigenvalue weighted by atomic mass is 10.1. The monoisotopic (exact) mass is 481 g/mol. The van der Waals surface area contributed by atoms with Gasteiger partial charge in [0.05, 0.1) is 5.75 Å². The third-order valence-corrected chi connectivity index (χ3v) is 7.61. The number of aromatic amines is 1. The number of pyridine rings is 2. The van der Waals surface area contributed by atoms with Crippen LogP contribution in [0.15, 0.2) is 65.6 Å². The molecular weight excluding hydrogens is 454 g/mol. The number of aryl methyl sites for hydroxylation is 1. The quantitative estimate of drug-likeness (QED) is 0.530. The second-order valence-electron chi connectivity index (χ2n) is 8.13. The Morgan fingerprint density at radius 2 is 1.85 bits per heavy atom. The van der Waals surface area contributed by atoms with Gasteiger partial charge in [0, 0.05) is 44.6 Å². The second kappa shape index (κ2) is 10.2. The van der Waals surface area contributed by atoms with E-state index in [0.717, 1.165) is 16.9 Å². The van der Waals surface area contributed by atoms with Crippen LogP contribution in [0.25, 0.3) is 11.3 Å². The Bertz CT molecular complexity index is 1320. The van der Waals surface area contributed by atoms with Crippen molar-refractivity contribution in [2.24, 2.45) is 0 Å². The molecule has 2 N–H and O–H groups in total. The number of rotatable bonds is 7. The maximum absolute atomic E-state index is 12.7. The number of aromatic nitrogens is 2. The average molecular weight is 482 g/mol. The van der Waals surface area contributed by atoms with Crippen LogP contribution in [0.1, 0.15) is 15.9 Å². The highest BCUT2D eigenvalue weighted by atomic mass is 32.2. The van der Waals surface area contributed by atoms with Crippen molar-refractivity contribution in [3.8, 4) is 11.3 Å². The van der Waals surface area contributed by atoms with E-state index in [2.05, 4.69) is 15.3 Å². The number of sulfonamides is 1. The zero-order chi connectivity index (χ0) is 24.1. The van der Waals surface area contributed by atoms with Gasteiger partial charge >= 0.3 is 0 Å². The van der Waals surface area contributed by atoms with E-state index in [-0.39, 0.29) is 17.9 Å². The summed E-state index contributed by atoms with van der Waals surface area (Å²) in [7, 11) is -3.54. The van der Waals surface area contributed by atoms with Crippen LogP contribution in [-0.4, -0.2) is 67.1 Å². The largest absolute Gasteiger partial charge is 0.354 e. The molecule has 0 unspecified atom stereocenters. The number of nitrogens with zero attached hydrogens (tertiary/aromatic N) is 3. The molecule has 0 atom stereocenters. The number of carbonyl (C=O) groups excluding carboxylic acids is 1. The van der Waals surface area contributed by atoms with Crippen LogP contribution in [0, 0.1) is 6.92 Å². The summed E-state index contributed by atoms with van der Waals surface area (Å²) in [6, 6.07) is 16.4. The minimum Gasteiger partial charge on any atom is -0.354 e. The van der Waals surface area contributed by atoms with Crippen molar-refractivity contribution >= 4 is 21.7 Å². The standard InChI is InChI=1S/C24H27N5O4S/c1-18-5-4-6-19(17-18)21-9-8-20(24(31)27-21)23(30)26-11-16-34(32,33)29-14-12-28(13-15-29)22-7-2-3-10-25-22/h2-10,17H,11-16H2,1H3,(H,26,30)(H,27,31). The van der Waals surface area contributed by atoms with Gasteiger partial charge in [0.2, 0.25) is 10.0 Å². The van der Waals surface area contributed by atoms with Crippen LogP contribution >= 0.6 is 0 Å². The highest BCUT2D eigenvalue weighted by Crippen LogP contribution is 2.17. The van der Waals surface area contributed by atoms with Gasteiger partial charge < -0.3 is 15.2 Å². The number of nitrogens with one attached hydrogen (secondary N) is 2. The number of piperazine rings is 1. The van der Waals surface area contributed by atoms with Crippen molar-refractivity contribution in [2.45, 2.75) is 6.92 Å². The van der Waals surface area contributed by atoms with Gasteiger partial charge in [-0.25, -0.2) is 13.4 Å². The molecule has 1 fully saturated rings. The first-order valence-electron chi connectivity index (χ1n) is 11.1. The number of H-pyrrole nitrogens is 1. The molecule has 0 spiro atoms. The molecule has 34 heavy (non-hydrogen) atoms. The van der Waals surface area contributed by atoms with Gasteiger partial charge in [0.1, 0.15) is 11.4 Å². The molecule has 1 aliphatic rings. The van der Waals surface area contributed by atoms with Crippen LogP contribution in [0.2, 0.25) is 0 Å². The normalized spacial score (nSPS) is 14.7. The van der Waals surface area contributed by atoms with E-state index in [9.17, 15) is 18.0 Å². The first kappa shape index (κ1) is 23.7. The molecule has 178 valence electrons. The van der Waals surface area contributed by atoms with Crippen LogP contribution in [-0.2, 0) is 10.0 Å². The molecule has 3 heterocycles. The van der Waals surface area contributed by atoms with Crippen molar-refractivity contribution in [1.29, 1.82) is 0 Å². The highest BCUT2D eigenvalue weighted by molar-refractivity contribution is 7.89. The van der Waals surface area contributed by atoms with Crippen LogP contribution in [0.3, 0.4) is 0 Å². The summed E-state index contributed by atoms with van der Waals surface area (Å²) in [6.07, 6.45) is 1.71. The minimum atomic E-state index is -3.54. The van der Waals surface area contributed by atoms with E-state index in [1.165, 1.54) is 10.4 Å². The first-order chi connectivity index (χ1) is 16.3. The maximum atomic E-state index is 12.7. The van der Waals surface area contributed by atoms with Crippen LogP contribution < -0.4 is 15.8 Å². The number of benzene rings is 1. The van der Waals surface area contributed by atoms with Gasteiger partial charge in [-0.2, -0.15) is 4.31 Å². The topological polar surface area (TPSA) is 115 Å². The molecular formula is C24H27N5O4S. The molecule has 0 bridgehead atoms. The number of carbonyl (C=O) groups is 1. The third-order valence-electron chi connectivity index (χ3n) is 5.73. The Balaban J connectivity index is 1.31. The Kier molecular flexibility index (Phi) is 7.09. The molecule has 0 radical (unpaired) electrons. The Morgan fingerprint density at radius 3 is 2.53 bits per heavy atom. The van der Waals surface area contributed by atoms with E-state index >= 15 is 0 Å². The van der Waals surface area contributed by atoms with E-state index in [4.69, 9.17) is 0 Å². The number of hydrogen-bond donors (Lipinski definition) is 2. The van der Waals surface area contributed by atoms with E-state index < -0.39 is 21.5 Å². The fourth-order valence-corrected chi connectivity index (χ4v) is 5.23. The molecule has 0 aliphatic carbocycles. The Hall–Kier alpha value is -3.50. The number of anilines is 1. The van der Waals surface area contributed by atoms with Gasteiger partial charge in [-0.05, 0) is 42.8 Å². The fourth-order valence-electron chi connectivity index (χ4n) is 3.89. The summed E-state index contributed by atoms with van der Waals surface area (Å²) in [5.74, 6) is -0.0145. The van der Waals surface area contributed by atoms with Crippen LogP contribution in [0.4, 0.5) is 5.82 Å². The Morgan fingerprint density at radius 1 is 1.06 bits per heavy atom. The zero-order valence-corrected chi connectivity index (χ0v) is 19.7. The summed E-state index contributed by atoms with van der Waals surface area (Å²) in [5.41, 5.74) is 1.93. The first-order valence-corrected chi connectivity index (χ1v) is 12.7. The predicted molar refractivity (Wildman–Crippen MR) is 131 cm³/mol. The molecule has 1 aromatic carbocycles. The van der Waals surface area contributed by atoms with Crippen molar-refractivity contribution in [3.05, 3.63) is 82.3 Å². The van der Waals surface area contributed by atoms with Gasteiger partial charge in [0.15, 0.2) is 0 Å². The molecule has 0 saturated carbocycles. The van der Waals surface area contributed by atoms with Crippen molar-refractivity contribution < 1.29 is 13.2 Å². The molecule has 9 nitrogen and oxygen atoms in total. The van der Waals surface area contributed by atoms with Gasteiger partial charge in [-0.15, -0.1) is 0 Å². The molecule has 1 amide bonds. The second-order valence-corrected chi connectivity index (χ2v) is 10.2. The third kappa shape index (κ3) is 5.52. The lowest BCUT2D eigenvalue weighted by Crippen LogP contribution is -2.50. The molecule has 3 aromatic rings. The summed E-state index contributed by atoms with van der Waals surface area (Å²) in [6.45, 7) is 3.68. The SMILES string of the molecule is Cc1cccc(-c2ccc(C(=O)NCCS(=O)(=O)N3CCN(c4ccccn4)CC3)c(=O)[nH]2)c1. The van der Waals surface area contributed by atoms with Gasteiger partial charge in [0.25, 0.3) is 11.5 Å². The molecule has 1 aliphatic heterocycles. The minimum absolute atomic E-state index is 0.0576. The van der Waals surface area contributed by atoms with Gasteiger partial charge in [-0.3, -0.25) is 9.59 Å². The zero-order valence-electron chi connectivity index (χ0n) is 18.9. The van der Waals surface area contributed by atoms with Crippen molar-refractivity contribution in [3.63, 3.8) is 0 Å². The number of hydrogen-bond acceptors (Lipinski definition) is 6. The van der Waals surface area contributed by atoms with Crippen molar-refractivity contribution in [2.75, 3.05) is 43.4 Å². The summed E-state index contributed by atoms with van der Waals surface area (Å²) in [5, 5.41) is 2.55. The summed E-state index contributed by atoms with van der Waals surface area (Å²) in [4.78, 5) is 34.0. The number of amides is 1. The fraction of sp³-hybridized carbons (Fsp3) is 0.292. The van der Waals surface area contributed by atoms with E-state index in [1.807, 2.05) is 54.3 Å². The van der Waals surface area contributed by atoms with E-state index in [1.54, 1.807) is 12.3 Å². The summed E-state index contributed by atoms with van der Waals surface area (Å²) >= 11 is 0. The molecule has 10 heteroatoms. The molecule has 1 saturated heterocycles. The van der Waals surface area contributed by atoms with E-state index in [0.29, 0.717) is 31.9 Å². The highest BCUT2D eigenvalue weighted by Gasteiger charge is 2.27. The maximum Gasteiger partial charge on any atom is 0.261 e. The Labute approximate surface area is 198 Å².